The van der Waals surface area contributed by atoms with Crippen LogP contribution in [0, 0.1) is 6.92 Å². The van der Waals surface area contributed by atoms with Crippen LogP contribution in [-0.4, -0.2) is 37.9 Å². The van der Waals surface area contributed by atoms with Gasteiger partial charge in [-0.25, -0.2) is 4.79 Å². The molecule has 0 aliphatic rings. The van der Waals surface area contributed by atoms with E-state index in [1.807, 2.05) is 51.0 Å². The van der Waals surface area contributed by atoms with E-state index in [9.17, 15) is 9.90 Å². The minimum Gasteiger partial charge on any atom is -0.393 e. The molecule has 1 aromatic carbocycles. The summed E-state index contributed by atoms with van der Waals surface area (Å²) >= 11 is 0. The molecule has 0 radical (unpaired) electrons. The molecule has 2 amide bonds. The summed E-state index contributed by atoms with van der Waals surface area (Å²) in [5.41, 5.74) is 3.00. The molecule has 20 heavy (non-hydrogen) atoms. The number of aryl methyl sites for hydroxylation is 1. The molecule has 112 valence electrons. The number of carbonyl (C=O) groups is 1. The summed E-state index contributed by atoms with van der Waals surface area (Å²) in [4.78, 5) is 13.7. The third kappa shape index (κ3) is 5.09. The highest BCUT2D eigenvalue weighted by molar-refractivity contribution is 5.89. The van der Waals surface area contributed by atoms with Crippen molar-refractivity contribution in [3.8, 4) is 0 Å². The smallest absolute Gasteiger partial charge is 0.319 e. The Labute approximate surface area is 121 Å². The molecule has 0 aliphatic heterocycles. The van der Waals surface area contributed by atoms with Crippen LogP contribution in [0.3, 0.4) is 0 Å². The predicted molar refractivity (Wildman–Crippen MR) is 83.4 cm³/mol. The molecule has 1 rings (SSSR count). The highest BCUT2D eigenvalue weighted by atomic mass is 16.3. The maximum absolute atomic E-state index is 11.7. The highest BCUT2D eigenvalue weighted by Crippen LogP contribution is 2.21. The summed E-state index contributed by atoms with van der Waals surface area (Å²) in [6.07, 6.45) is 0.925. The van der Waals surface area contributed by atoms with Crippen molar-refractivity contribution in [3.63, 3.8) is 0 Å². The molecule has 3 N–H and O–H groups in total. The van der Waals surface area contributed by atoms with Crippen LogP contribution in [0.15, 0.2) is 18.2 Å². The summed E-state index contributed by atoms with van der Waals surface area (Å²) in [7, 11) is 3.97. The number of benzene rings is 1. The van der Waals surface area contributed by atoms with Crippen molar-refractivity contribution in [2.75, 3.05) is 30.9 Å². The first-order chi connectivity index (χ1) is 9.43. The molecule has 0 fully saturated rings. The molecule has 5 nitrogen and oxygen atoms in total. The lowest BCUT2D eigenvalue weighted by Crippen LogP contribution is -2.31. The van der Waals surface area contributed by atoms with Gasteiger partial charge in [-0.1, -0.05) is 6.92 Å². The minimum atomic E-state index is -0.350. The molecule has 1 unspecified atom stereocenters. The lowest BCUT2D eigenvalue weighted by atomic mass is 10.1. The summed E-state index contributed by atoms with van der Waals surface area (Å²) in [5.74, 6) is 0. The highest BCUT2D eigenvalue weighted by Gasteiger charge is 2.06. The maximum Gasteiger partial charge on any atom is 0.319 e. The van der Waals surface area contributed by atoms with Gasteiger partial charge in [0.1, 0.15) is 0 Å². The Bertz CT molecular complexity index is 447. The largest absolute Gasteiger partial charge is 0.393 e. The molecule has 0 aromatic heterocycles. The van der Waals surface area contributed by atoms with Gasteiger partial charge in [-0.3, -0.25) is 0 Å². The summed E-state index contributed by atoms with van der Waals surface area (Å²) in [5, 5.41) is 14.9. The first-order valence-corrected chi connectivity index (χ1v) is 6.95. The van der Waals surface area contributed by atoms with E-state index in [-0.39, 0.29) is 12.1 Å². The molecule has 1 atom stereocenters. The SMILES string of the molecule is CCC(O)CCNC(=O)Nc1ccc(N(C)C)c(C)c1. The Balaban J connectivity index is 2.48. The van der Waals surface area contributed by atoms with Gasteiger partial charge in [0.2, 0.25) is 0 Å². The zero-order valence-electron chi connectivity index (χ0n) is 12.7. The molecule has 0 saturated carbocycles. The van der Waals surface area contributed by atoms with Gasteiger partial charge in [-0.15, -0.1) is 0 Å². The van der Waals surface area contributed by atoms with Gasteiger partial charge in [-0.2, -0.15) is 0 Å². The van der Waals surface area contributed by atoms with Gasteiger partial charge < -0.3 is 20.6 Å². The molecule has 0 heterocycles. The normalized spacial score (nSPS) is 11.8. The number of nitrogens with zero attached hydrogens (tertiary/aromatic N) is 1. The van der Waals surface area contributed by atoms with Crippen molar-refractivity contribution < 1.29 is 9.90 Å². The van der Waals surface area contributed by atoms with Gasteiger partial charge in [-0.05, 0) is 43.5 Å². The minimum absolute atomic E-state index is 0.245. The number of hydrogen-bond acceptors (Lipinski definition) is 3. The molecule has 1 aromatic rings. The summed E-state index contributed by atoms with van der Waals surface area (Å²) < 4.78 is 0. The van der Waals surface area contributed by atoms with Crippen LogP contribution in [-0.2, 0) is 0 Å². The zero-order chi connectivity index (χ0) is 15.1. The van der Waals surface area contributed by atoms with E-state index in [1.165, 1.54) is 0 Å². The number of carbonyl (C=O) groups excluding carboxylic acids is 1. The van der Waals surface area contributed by atoms with Crippen LogP contribution in [0.4, 0.5) is 16.2 Å². The molecule has 0 aliphatic carbocycles. The number of aliphatic hydroxyl groups is 1. The van der Waals surface area contributed by atoms with E-state index in [4.69, 9.17) is 0 Å². The second-order valence-corrected chi connectivity index (χ2v) is 5.13. The predicted octanol–water partition coefficient (Wildman–Crippen LogP) is 2.34. The first-order valence-electron chi connectivity index (χ1n) is 6.95. The van der Waals surface area contributed by atoms with Crippen LogP contribution < -0.4 is 15.5 Å². The Morgan fingerprint density at radius 3 is 2.65 bits per heavy atom. The van der Waals surface area contributed by atoms with Gasteiger partial charge >= 0.3 is 6.03 Å². The van der Waals surface area contributed by atoms with Crippen molar-refractivity contribution in [3.05, 3.63) is 23.8 Å². The number of hydrogen-bond donors (Lipinski definition) is 3. The average molecular weight is 279 g/mol. The van der Waals surface area contributed by atoms with Crippen molar-refractivity contribution >= 4 is 17.4 Å². The Morgan fingerprint density at radius 1 is 1.40 bits per heavy atom. The average Bonchev–Trinajstić information content (AvgIpc) is 2.38. The number of nitrogens with one attached hydrogen (secondary N) is 2. The van der Waals surface area contributed by atoms with Gasteiger partial charge in [0.05, 0.1) is 6.10 Å². The van der Waals surface area contributed by atoms with E-state index in [0.29, 0.717) is 19.4 Å². The number of amides is 2. The summed E-state index contributed by atoms with van der Waals surface area (Å²) in [6, 6.07) is 5.55. The van der Waals surface area contributed by atoms with Crippen LogP contribution >= 0.6 is 0 Å². The van der Waals surface area contributed by atoms with Crippen LogP contribution in [0.1, 0.15) is 25.3 Å². The molecule has 0 bridgehead atoms. The third-order valence-electron chi connectivity index (χ3n) is 3.17. The fourth-order valence-electron chi connectivity index (χ4n) is 1.97. The van der Waals surface area contributed by atoms with E-state index in [2.05, 4.69) is 10.6 Å². The van der Waals surface area contributed by atoms with Crippen molar-refractivity contribution in [2.45, 2.75) is 32.8 Å². The standard InChI is InChI=1S/C15H25N3O2/c1-5-13(19)8-9-16-15(20)17-12-6-7-14(18(3)4)11(2)10-12/h6-7,10,13,19H,5,8-9H2,1-4H3,(H2,16,17,20). The topological polar surface area (TPSA) is 64.6 Å². The number of aliphatic hydroxyl groups excluding tert-OH is 1. The van der Waals surface area contributed by atoms with Crippen molar-refractivity contribution in [1.82, 2.24) is 5.32 Å². The maximum atomic E-state index is 11.7. The Hall–Kier alpha value is -1.75. The fraction of sp³-hybridized carbons (Fsp3) is 0.533. The molecule has 0 spiro atoms. The number of rotatable bonds is 6. The quantitative estimate of drug-likeness (QED) is 0.749. The molecular formula is C15H25N3O2. The molecule has 5 heteroatoms. The lowest BCUT2D eigenvalue weighted by Gasteiger charge is -2.17. The number of urea groups is 1. The first kappa shape index (κ1) is 16.3. The van der Waals surface area contributed by atoms with Crippen LogP contribution in [0.2, 0.25) is 0 Å². The third-order valence-corrected chi connectivity index (χ3v) is 3.17. The van der Waals surface area contributed by atoms with Crippen molar-refractivity contribution in [2.24, 2.45) is 0 Å². The van der Waals surface area contributed by atoms with Crippen molar-refractivity contribution in [1.29, 1.82) is 0 Å². The second kappa shape index (κ2) is 7.75. The number of anilines is 2. The molecule has 0 saturated heterocycles. The second-order valence-electron chi connectivity index (χ2n) is 5.13. The lowest BCUT2D eigenvalue weighted by molar-refractivity contribution is 0.160. The monoisotopic (exact) mass is 279 g/mol. The Kier molecular flexibility index (Phi) is 6.31. The summed E-state index contributed by atoms with van der Waals surface area (Å²) in [6.45, 7) is 4.39. The van der Waals surface area contributed by atoms with Crippen LogP contribution in [0.25, 0.3) is 0 Å². The Morgan fingerprint density at radius 2 is 2.10 bits per heavy atom. The zero-order valence-corrected chi connectivity index (χ0v) is 12.7. The van der Waals surface area contributed by atoms with Gasteiger partial charge in [0, 0.05) is 32.0 Å². The van der Waals surface area contributed by atoms with E-state index < -0.39 is 0 Å². The van der Waals surface area contributed by atoms with E-state index in [1.54, 1.807) is 0 Å². The van der Waals surface area contributed by atoms with E-state index in [0.717, 1.165) is 16.9 Å². The van der Waals surface area contributed by atoms with E-state index >= 15 is 0 Å². The van der Waals surface area contributed by atoms with Gasteiger partial charge in [0.25, 0.3) is 0 Å². The fourth-order valence-corrected chi connectivity index (χ4v) is 1.97. The van der Waals surface area contributed by atoms with Gasteiger partial charge in [0.15, 0.2) is 0 Å². The molecular weight excluding hydrogens is 254 g/mol. The van der Waals surface area contributed by atoms with Crippen LogP contribution in [0.5, 0.6) is 0 Å².